The number of sulfone groups is 1. The Morgan fingerprint density at radius 3 is 2.38 bits per heavy atom. The Morgan fingerprint density at radius 1 is 1.13 bits per heavy atom. The number of aryl methyl sites for hydroxylation is 3. The van der Waals surface area contributed by atoms with Crippen LogP contribution < -0.4 is 10.2 Å². The van der Waals surface area contributed by atoms with Gasteiger partial charge in [0.25, 0.3) is 0 Å². The number of halogens is 3. The van der Waals surface area contributed by atoms with Crippen LogP contribution >= 0.6 is 0 Å². The number of hydrogen-bond donors (Lipinski definition) is 2. The van der Waals surface area contributed by atoms with Crippen molar-refractivity contribution < 1.29 is 21.6 Å². The zero-order valence-electron chi connectivity index (χ0n) is 21.8. The van der Waals surface area contributed by atoms with Crippen LogP contribution in [0.4, 0.5) is 36.4 Å². The van der Waals surface area contributed by atoms with E-state index in [9.17, 15) is 12.8 Å². The lowest BCUT2D eigenvalue weighted by molar-refractivity contribution is 0.442. The maximum absolute atomic E-state index is 15.1. The quantitative estimate of drug-likeness (QED) is 0.302. The normalized spacial score (nSPS) is 13.6. The molecule has 206 valence electrons. The topological polar surface area (TPSA) is 122 Å². The highest BCUT2D eigenvalue weighted by molar-refractivity contribution is 7.90. The van der Waals surface area contributed by atoms with Crippen LogP contribution in [0.25, 0.3) is 11.4 Å². The first-order valence-corrected chi connectivity index (χ1v) is 14.1. The molecule has 5 rings (SSSR count). The summed E-state index contributed by atoms with van der Waals surface area (Å²) in [6, 6.07) is 3.31. The molecule has 0 atom stereocenters. The molecule has 39 heavy (non-hydrogen) atoms. The summed E-state index contributed by atoms with van der Waals surface area (Å²) in [6.45, 7) is 3.15. The number of nitrogens with one attached hydrogen (secondary N) is 2. The SMILES string of the molecule is Cc1cc(Nc2nc(N(C)c3c(F)cc(S(C)(=O)=O)cc3F)nc(-c3cn(CCF)c(C)n3)c2C2CC2)n[nH]1. The zero-order valence-corrected chi connectivity index (χ0v) is 22.6. The number of anilines is 4. The number of alkyl halides is 1. The number of aromatic nitrogens is 6. The van der Waals surface area contributed by atoms with Gasteiger partial charge in [-0.05, 0) is 44.7 Å². The lowest BCUT2D eigenvalue weighted by atomic mass is 10.1. The summed E-state index contributed by atoms with van der Waals surface area (Å²) in [5.74, 6) is -0.653. The zero-order chi connectivity index (χ0) is 28.1. The summed E-state index contributed by atoms with van der Waals surface area (Å²) < 4.78 is 68.8. The highest BCUT2D eigenvalue weighted by Gasteiger charge is 2.34. The lowest BCUT2D eigenvalue weighted by Crippen LogP contribution is -2.19. The van der Waals surface area contributed by atoms with Crippen LogP contribution in [0.15, 0.2) is 29.3 Å². The summed E-state index contributed by atoms with van der Waals surface area (Å²) in [5, 5.41) is 10.3. The van der Waals surface area contributed by atoms with Gasteiger partial charge in [-0.1, -0.05) is 0 Å². The summed E-state index contributed by atoms with van der Waals surface area (Å²) in [7, 11) is -2.46. The first-order valence-electron chi connectivity index (χ1n) is 12.2. The standard InChI is InChI=1S/C25H27F3N8O2S/c1-13-9-20(34-33-13)30-24-21(15-5-6-15)22(19-12-36(8-7-26)14(2)29-19)31-25(32-24)35(3)23-17(27)10-16(11-18(23)28)39(4,37)38/h9-12,15H,5-8H2,1-4H3,(H2,30,31,32,33,34). The van der Waals surface area contributed by atoms with Crippen molar-refractivity contribution in [3.63, 3.8) is 0 Å². The molecule has 0 unspecified atom stereocenters. The van der Waals surface area contributed by atoms with E-state index in [0.717, 1.165) is 47.4 Å². The largest absolute Gasteiger partial charge is 0.332 e. The molecule has 1 aliphatic carbocycles. The molecule has 0 amide bonds. The van der Waals surface area contributed by atoms with Crippen LogP contribution in [-0.4, -0.2) is 58.1 Å². The summed E-state index contributed by atoms with van der Waals surface area (Å²) >= 11 is 0. The summed E-state index contributed by atoms with van der Waals surface area (Å²) in [6.07, 6.45) is 4.34. The van der Waals surface area contributed by atoms with E-state index in [0.29, 0.717) is 28.8 Å². The van der Waals surface area contributed by atoms with Crippen LogP contribution in [0.1, 0.15) is 35.8 Å². The second-order valence-electron chi connectivity index (χ2n) is 9.59. The molecule has 1 aliphatic rings. The van der Waals surface area contributed by atoms with Crippen molar-refractivity contribution >= 4 is 33.1 Å². The van der Waals surface area contributed by atoms with Gasteiger partial charge in [-0.25, -0.2) is 31.6 Å². The molecule has 1 aromatic carbocycles. The second kappa shape index (κ2) is 9.98. The molecule has 3 aromatic heterocycles. The minimum atomic E-state index is -3.84. The molecule has 0 bridgehead atoms. The number of H-pyrrole nitrogens is 1. The molecule has 1 fully saturated rings. The molecule has 2 N–H and O–H groups in total. The molecule has 1 saturated carbocycles. The summed E-state index contributed by atoms with van der Waals surface area (Å²) in [5.41, 5.74) is 1.97. The minimum absolute atomic E-state index is 0.0632. The van der Waals surface area contributed by atoms with E-state index in [1.807, 2.05) is 6.92 Å². The second-order valence-corrected chi connectivity index (χ2v) is 11.6. The maximum Gasteiger partial charge on any atom is 0.232 e. The fraction of sp³-hybridized carbons (Fsp3) is 0.360. The van der Waals surface area contributed by atoms with Gasteiger partial charge in [0.05, 0.1) is 11.4 Å². The third-order valence-corrected chi connectivity index (χ3v) is 7.56. The van der Waals surface area contributed by atoms with E-state index in [4.69, 9.17) is 0 Å². The Kier molecular flexibility index (Phi) is 6.83. The van der Waals surface area contributed by atoms with Crippen LogP contribution in [0.3, 0.4) is 0 Å². The Labute approximate surface area is 223 Å². The third kappa shape index (κ3) is 5.33. The van der Waals surface area contributed by atoms with Crippen molar-refractivity contribution in [1.29, 1.82) is 0 Å². The number of nitrogens with zero attached hydrogens (tertiary/aromatic N) is 6. The molecule has 4 aromatic rings. The average molecular weight is 561 g/mol. The fourth-order valence-electron chi connectivity index (χ4n) is 4.38. The Balaban J connectivity index is 1.69. The predicted molar refractivity (Wildman–Crippen MR) is 140 cm³/mol. The molecule has 0 saturated heterocycles. The number of imidazole rings is 1. The first-order chi connectivity index (χ1) is 18.5. The first kappa shape index (κ1) is 26.7. The van der Waals surface area contributed by atoms with Crippen LogP contribution in [0.2, 0.25) is 0 Å². The number of rotatable bonds is 9. The minimum Gasteiger partial charge on any atom is -0.332 e. The van der Waals surface area contributed by atoms with Crippen LogP contribution in [-0.2, 0) is 16.4 Å². The van der Waals surface area contributed by atoms with Crippen molar-refractivity contribution in [2.75, 3.05) is 30.2 Å². The van der Waals surface area contributed by atoms with E-state index in [2.05, 4.69) is 30.5 Å². The highest BCUT2D eigenvalue weighted by Crippen LogP contribution is 2.48. The van der Waals surface area contributed by atoms with Crippen molar-refractivity contribution in [3.8, 4) is 11.4 Å². The molecular weight excluding hydrogens is 533 g/mol. The van der Waals surface area contributed by atoms with Gasteiger partial charge in [-0.2, -0.15) is 10.1 Å². The molecule has 10 nitrogen and oxygen atoms in total. The monoisotopic (exact) mass is 560 g/mol. The lowest BCUT2D eigenvalue weighted by Gasteiger charge is -2.22. The number of aromatic amines is 1. The Bertz CT molecular complexity index is 1640. The van der Waals surface area contributed by atoms with Gasteiger partial charge in [0, 0.05) is 36.8 Å². The molecular formula is C25H27F3N8O2S. The van der Waals surface area contributed by atoms with Crippen LogP contribution in [0.5, 0.6) is 0 Å². The highest BCUT2D eigenvalue weighted by atomic mass is 32.2. The summed E-state index contributed by atoms with van der Waals surface area (Å²) in [4.78, 5) is 14.5. The van der Waals surface area contributed by atoms with E-state index in [1.165, 1.54) is 7.05 Å². The van der Waals surface area contributed by atoms with Gasteiger partial charge >= 0.3 is 0 Å². The van der Waals surface area contributed by atoms with Gasteiger partial charge < -0.3 is 14.8 Å². The number of hydrogen-bond acceptors (Lipinski definition) is 8. The Hall–Kier alpha value is -3.94. The molecule has 3 heterocycles. The van der Waals surface area contributed by atoms with Crippen LogP contribution in [0, 0.1) is 25.5 Å². The predicted octanol–water partition coefficient (Wildman–Crippen LogP) is 4.72. The van der Waals surface area contributed by atoms with Crippen molar-refractivity contribution in [3.05, 3.63) is 53.1 Å². The van der Waals surface area contributed by atoms with E-state index < -0.39 is 38.7 Å². The average Bonchev–Trinajstić information content (AvgIpc) is 3.52. The van der Waals surface area contributed by atoms with E-state index in [-0.39, 0.29) is 18.4 Å². The van der Waals surface area contributed by atoms with Crippen molar-refractivity contribution in [1.82, 2.24) is 29.7 Å². The van der Waals surface area contributed by atoms with Gasteiger partial charge in [0.2, 0.25) is 5.95 Å². The third-order valence-electron chi connectivity index (χ3n) is 6.47. The molecule has 0 aliphatic heterocycles. The number of benzene rings is 1. The molecule has 14 heteroatoms. The van der Waals surface area contributed by atoms with Gasteiger partial charge in [-0.3, -0.25) is 5.10 Å². The van der Waals surface area contributed by atoms with Gasteiger partial charge in [0.15, 0.2) is 27.3 Å². The maximum atomic E-state index is 15.1. The van der Waals surface area contributed by atoms with Crippen molar-refractivity contribution in [2.24, 2.45) is 0 Å². The fourth-order valence-corrected chi connectivity index (χ4v) is 5.01. The molecule has 0 spiro atoms. The van der Waals surface area contributed by atoms with Gasteiger partial charge in [0.1, 0.15) is 35.4 Å². The van der Waals surface area contributed by atoms with E-state index in [1.54, 1.807) is 23.8 Å². The molecule has 0 radical (unpaired) electrons. The van der Waals surface area contributed by atoms with Gasteiger partial charge in [-0.15, -0.1) is 0 Å². The smallest absolute Gasteiger partial charge is 0.232 e. The van der Waals surface area contributed by atoms with E-state index >= 15 is 8.78 Å². The Morgan fingerprint density at radius 2 is 1.82 bits per heavy atom. The van der Waals surface area contributed by atoms with Crippen molar-refractivity contribution in [2.45, 2.75) is 44.0 Å².